The topological polar surface area (TPSA) is 79.0 Å². The van der Waals surface area contributed by atoms with Crippen LogP contribution >= 0.6 is 0 Å². The van der Waals surface area contributed by atoms with E-state index in [2.05, 4.69) is 10.2 Å². The van der Waals surface area contributed by atoms with Crippen LogP contribution in [0.1, 0.15) is 42.0 Å². The molecule has 1 heterocycles. The van der Waals surface area contributed by atoms with Crippen molar-refractivity contribution < 1.29 is 17.9 Å². The number of nitrogens with one attached hydrogen (secondary N) is 1. The Hall–Kier alpha value is -2.42. The van der Waals surface area contributed by atoms with Crippen molar-refractivity contribution in [1.82, 2.24) is 14.5 Å². The molecule has 1 amide bonds. The van der Waals surface area contributed by atoms with E-state index in [9.17, 15) is 13.2 Å². The van der Waals surface area contributed by atoms with Gasteiger partial charge in [-0.1, -0.05) is 30.7 Å². The number of piperidine rings is 1. The average molecular weight is 474 g/mol. The van der Waals surface area contributed by atoms with Gasteiger partial charge in [0, 0.05) is 19.2 Å². The number of ether oxygens (including phenoxy) is 1. The molecule has 2 aromatic rings. The van der Waals surface area contributed by atoms with Gasteiger partial charge in [-0.25, -0.2) is 8.42 Å². The fourth-order valence-electron chi connectivity index (χ4n) is 4.22. The van der Waals surface area contributed by atoms with E-state index < -0.39 is 10.0 Å². The third kappa shape index (κ3) is 6.13. The molecule has 0 saturated carbocycles. The first-order chi connectivity index (χ1) is 15.7. The van der Waals surface area contributed by atoms with Gasteiger partial charge in [-0.2, -0.15) is 4.31 Å². The number of aryl methyl sites for hydroxylation is 2. The van der Waals surface area contributed by atoms with E-state index in [1.54, 1.807) is 25.3 Å². The highest BCUT2D eigenvalue weighted by Gasteiger charge is 2.27. The summed E-state index contributed by atoms with van der Waals surface area (Å²) in [5.74, 6) is 0.457. The van der Waals surface area contributed by atoms with Crippen molar-refractivity contribution in [3.05, 3.63) is 59.2 Å². The van der Waals surface area contributed by atoms with Crippen molar-refractivity contribution in [2.75, 3.05) is 40.3 Å². The van der Waals surface area contributed by atoms with Crippen molar-refractivity contribution in [1.29, 1.82) is 0 Å². The Balaban J connectivity index is 1.70. The zero-order valence-corrected chi connectivity index (χ0v) is 20.8. The summed E-state index contributed by atoms with van der Waals surface area (Å²) in [6.07, 6.45) is 3.45. The number of para-hydroxylation sites is 1. The highest BCUT2D eigenvalue weighted by molar-refractivity contribution is 7.89. The Morgan fingerprint density at radius 2 is 1.79 bits per heavy atom. The molecule has 1 atom stereocenters. The molecule has 1 saturated heterocycles. The molecule has 2 aromatic carbocycles. The van der Waals surface area contributed by atoms with Crippen LogP contribution in [-0.2, 0) is 14.8 Å². The molecule has 8 heteroatoms. The van der Waals surface area contributed by atoms with Gasteiger partial charge >= 0.3 is 0 Å². The van der Waals surface area contributed by atoms with Gasteiger partial charge in [0.15, 0.2) is 0 Å². The van der Waals surface area contributed by atoms with E-state index in [-0.39, 0.29) is 23.4 Å². The molecule has 0 radical (unpaired) electrons. The number of sulfonamides is 1. The van der Waals surface area contributed by atoms with Gasteiger partial charge < -0.3 is 10.1 Å². The molecule has 1 fully saturated rings. The smallest absolute Gasteiger partial charge is 0.243 e. The second kappa shape index (κ2) is 11.1. The highest BCUT2D eigenvalue weighted by Crippen LogP contribution is 2.31. The van der Waals surface area contributed by atoms with Crippen molar-refractivity contribution in [2.24, 2.45) is 0 Å². The zero-order chi connectivity index (χ0) is 24.0. The molecule has 0 bridgehead atoms. The molecule has 1 N–H and O–H groups in total. The number of methoxy groups -OCH3 is 1. The number of carbonyl (C=O) groups is 1. The van der Waals surface area contributed by atoms with Gasteiger partial charge in [0.1, 0.15) is 5.75 Å². The number of likely N-dealkylation sites (N-methyl/N-ethyl adjacent to an activating group) is 1. The lowest BCUT2D eigenvalue weighted by Crippen LogP contribution is -2.44. The van der Waals surface area contributed by atoms with Crippen molar-refractivity contribution >= 4 is 15.9 Å². The number of hydrogen-bond acceptors (Lipinski definition) is 5. The Morgan fingerprint density at radius 3 is 2.45 bits per heavy atom. The van der Waals surface area contributed by atoms with Gasteiger partial charge in [-0.3, -0.25) is 9.69 Å². The quantitative estimate of drug-likeness (QED) is 0.605. The summed E-state index contributed by atoms with van der Waals surface area (Å²) in [6.45, 7) is 5.87. The van der Waals surface area contributed by atoms with Crippen LogP contribution in [0.2, 0.25) is 0 Å². The summed E-state index contributed by atoms with van der Waals surface area (Å²) in [6, 6.07) is 12.8. The summed E-state index contributed by atoms with van der Waals surface area (Å²) in [7, 11) is -0.666. The van der Waals surface area contributed by atoms with Gasteiger partial charge in [0.2, 0.25) is 15.9 Å². The maximum atomic E-state index is 12.9. The molecule has 1 aliphatic rings. The molecule has 3 rings (SSSR count). The predicted molar refractivity (Wildman–Crippen MR) is 130 cm³/mol. The molecular weight excluding hydrogens is 438 g/mol. The summed E-state index contributed by atoms with van der Waals surface area (Å²) in [4.78, 5) is 15.3. The fraction of sp³-hybridized carbons (Fsp3) is 0.480. The molecule has 180 valence electrons. The lowest BCUT2D eigenvalue weighted by Gasteiger charge is -2.35. The molecule has 33 heavy (non-hydrogen) atoms. The number of amides is 1. The second-order valence-electron chi connectivity index (χ2n) is 8.67. The van der Waals surface area contributed by atoms with Gasteiger partial charge in [0.25, 0.3) is 0 Å². The van der Waals surface area contributed by atoms with Crippen LogP contribution in [0.5, 0.6) is 5.75 Å². The fourth-order valence-corrected chi connectivity index (χ4v) is 5.43. The number of nitrogens with zero attached hydrogens (tertiary/aromatic N) is 2. The third-order valence-corrected chi connectivity index (χ3v) is 8.17. The first-order valence-corrected chi connectivity index (χ1v) is 12.9. The maximum absolute atomic E-state index is 12.9. The van der Waals surface area contributed by atoms with Crippen LogP contribution < -0.4 is 10.1 Å². The molecule has 0 aliphatic carbocycles. The minimum atomic E-state index is -3.75. The van der Waals surface area contributed by atoms with Gasteiger partial charge in [-0.15, -0.1) is 0 Å². The maximum Gasteiger partial charge on any atom is 0.243 e. The van der Waals surface area contributed by atoms with E-state index in [4.69, 9.17) is 4.74 Å². The van der Waals surface area contributed by atoms with Crippen molar-refractivity contribution in [3.8, 4) is 5.75 Å². The van der Waals surface area contributed by atoms with Crippen molar-refractivity contribution in [3.63, 3.8) is 0 Å². The summed E-state index contributed by atoms with van der Waals surface area (Å²) in [5.41, 5.74) is 2.95. The molecule has 1 unspecified atom stereocenters. The largest absolute Gasteiger partial charge is 0.496 e. The number of benzene rings is 2. The zero-order valence-electron chi connectivity index (χ0n) is 20.0. The molecular formula is C25H35N3O4S. The normalized spacial score (nSPS) is 15.9. The van der Waals surface area contributed by atoms with E-state index in [0.717, 1.165) is 52.7 Å². The number of rotatable bonds is 9. The van der Waals surface area contributed by atoms with Crippen LogP contribution in [0, 0.1) is 13.8 Å². The number of carbonyl (C=O) groups excluding carboxylic acids is 1. The monoisotopic (exact) mass is 473 g/mol. The average Bonchev–Trinajstić information content (AvgIpc) is 2.81. The predicted octanol–water partition coefficient (Wildman–Crippen LogP) is 3.28. The lowest BCUT2D eigenvalue weighted by molar-refractivity contribution is -0.121. The van der Waals surface area contributed by atoms with Crippen LogP contribution in [0.25, 0.3) is 0 Å². The Kier molecular flexibility index (Phi) is 8.51. The van der Waals surface area contributed by atoms with Gasteiger partial charge in [-0.05, 0) is 69.1 Å². The Morgan fingerprint density at radius 1 is 1.09 bits per heavy atom. The molecule has 7 nitrogen and oxygen atoms in total. The molecule has 1 aliphatic heterocycles. The van der Waals surface area contributed by atoms with E-state index in [1.165, 1.54) is 13.5 Å². The third-order valence-electron chi connectivity index (χ3n) is 6.37. The lowest BCUT2D eigenvalue weighted by atomic mass is 10.0. The number of likely N-dealkylation sites (tertiary alicyclic amines) is 1. The molecule has 0 aromatic heterocycles. The van der Waals surface area contributed by atoms with Crippen LogP contribution in [0.3, 0.4) is 0 Å². The summed E-state index contributed by atoms with van der Waals surface area (Å²) in [5, 5.41) is 2.96. The van der Waals surface area contributed by atoms with E-state index in [1.807, 2.05) is 38.1 Å². The van der Waals surface area contributed by atoms with Crippen LogP contribution in [-0.4, -0.2) is 63.9 Å². The van der Waals surface area contributed by atoms with E-state index in [0.29, 0.717) is 6.54 Å². The first-order valence-electron chi connectivity index (χ1n) is 11.4. The second-order valence-corrected chi connectivity index (χ2v) is 10.7. The SMILES string of the molecule is COc1ccccc1C(CNC(=O)CN(C)S(=O)(=O)c1ccc(C)c(C)c1)N1CCCCC1. The van der Waals surface area contributed by atoms with Crippen molar-refractivity contribution in [2.45, 2.75) is 44.0 Å². The Labute approximate surface area is 197 Å². The summed E-state index contributed by atoms with van der Waals surface area (Å²) < 4.78 is 32.6. The molecule has 0 spiro atoms. The summed E-state index contributed by atoms with van der Waals surface area (Å²) >= 11 is 0. The standard InChI is InChI=1S/C25H35N3O4S/c1-19-12-13-21(16-20(19)2)33(30,31)27(3)18-25(29)26-17-23(28-14-8-5-9-15-28)22-10-6-7-11-24(22)32-4/h6-7,10-13,16,23H,5,8-9,14-15,17-18H2,1-4H3,(H,26,29). The minimum Gasteiger partial charge on any atom is -0.496 e. The minimum absolute atomic E-state index is 0.0351. The van der Waals surface area contributed by atoms with Crippen LogP contribution in [0.15, 0.2) is 47.4 Å². The van der Waals surface area contributed by atoms with E-state index >= 15 is 0 Å². The highest BCUT2D eigenvalue weighted by atomic mass is 32.2. The first kappa shape index (κ1) is 25.2. The van der Waals surface area contributed by atoms with Crippen LogP contribution in [0.4, 0.5) is 0 Å². The van der Waals surface area contributed by atoms with Gasteiger partial charge in [0.05, 0.1) is 24.6 Å². The number of hydrogen-bond donors (Lipinski definition) is 1. The Bertz CT molecular complexity index is 1070.